The van der Waals surface area contributed by atoms with Gasteiger partial charge < -0.3 is 9.13 Å². The molecule has 0 radical (unpaired) electrons. The average Bonchev–Trinajstić information content (AvgIpc) is 3.97. The number of nitrogens with zero attached hydrogens (tertiary/aromatic N) is 2. The highest BCUT2D eigenvalue weighted by molar-refractivity contribution is 7.34. The van der Waals surface area contributed by atoms with Crippen molar-refractivity contribution < 1.29 is 19.2 Å². The van der Waals surface area contributed by atoms with Gasteiger partial charge >= 0.3 is 0 Å². The van der Waals surface area contributed by atoms with E-state index < -0.39 is 0 Å². The lowest BCUT2D eigenvalue weighted by molar-refractivity contribution is -0.116. The second-order valence-corrected chi connectivity index (χ2v) is 16.9. The number of rotatable bonds is 8. The molecule has 51 heavy (non-hydrogen) atoms. The van der Waals surface area contributed by atoms with Crippen LogP contribution in [-0.4, -0.2) is 32.3 Å². The van der Waals surface area contributed by atoms with Gasteiger partial charge in [0.2, 0.25) is 0 Å². The van der Waals surface area contributed by atoms with Gasteiger partial charge in [-0.25, -0.2) is 0 Å². The van der Waals surface area contributed by atoms with Crippen LogP contribution in [0.1, 0.15) is 78.0 Å². The van der Waals surface area contributed by atoms with E-state index in [4.69, 9.17) is 0 Å². The third-order valence-electron chi connectivity index (χ3n) is 10.5. The van der Waals surface area contributed by atoms with Gasteiger partial charge in [0, 0.05) is 45.1 Å². The SMILES string of the molecule is C/C=C1/C(=O)C(=Cc2cc3c(s2)c2sc4c5sc(C=C6C(=O)C(=C/C)/C(=C\C)C6=O)cc5n(CC(C)CC)c4c2n3CC(C)CC)C(=O)/C1=C/C. The Morgan fingerprint density at radius 3 is 1.16 bits per heavy atom. The van der Waals surface area contributed by atoms with Gasteiger partial charge in [-0.15, -0.1) is 34.0 Å². The molecule has 2 saturated carbocycles. The van der Waals surface area contributed by atoms with Gasteiger partial charge in [-0.3, -0.25) is 19.2 Å². The molecule has 5 heterocycles. The monoisotopic (exact) mass is 734 g/mol. The number of hydrogen-bond acceptors (Lipinski definition) is 7. The van der Waals surface area contributed by atoms with E-state index in [9.17, 15) is 19.2 Å². The van der Waals surface area contributed by atoms with Crippen LogP contribution in [0, 0.1) is 11.8 Å². The van der Waals surface area contributed by atoms with Crippen molar-refractivity contribution in [2.75, 3.05) is 0 Å². The van der Waals surface area contributed by atoms with E-state index in [0.29, 0.717) is 34.1 Å². The highest BCUT2D eigenvalue weighted by atomic mass is 32.1. The summed E-state index contributed by atoms with van der Waals surface area (Å²) in [5.74, 6) is 0.0404. The molecule has 9 heteroatoms. The summed E-state index contributed by atoms with van der Waals surface area (Å²) < 4.78 is 9.69. The van der Waals surface area contributed by atoms with E-state index in [2.05, 4.69) is 49.0 Å². The highest BCUT2D eigenvalue weighted by Gasteiger charge is 2.37. The number of ketones is 4. The Morgan fingerprint density at radius 2 is 0.863 bits per heavy atom. The summed E-state index contributed by atoms with van der Waals surface area (Å²) in [5.41, 5.74) is 7.09. The maximum Gasteiger partial charge on any atom is 0.197 e. The van der Waals surface area contributed by atoms with Crippen LogP contribution >= 0.6 is 34.0 Å². The molecule has 2 atom stereocenters. The molecule has 0 aromatic carbocycles. The van der Waals surface area contributed by atoms with Crippen LogP contribution in [0.5, 0.6) is 0 Å². The molecule has 0 amide bonds. The topological polar surface area (TPSA) is 78.1 Å². The molecule has 2 aliphatic rings. The number of Topliss-reactive ketones (excluding diaryl/α,β-unsaturated/α-hetero) is 4. The molecule has 5 aromatic heterocycles. The first kappa shape index (κ1) is 35.2. The smallest absolute Gasteiger partial charge is 0.197 e. The van der Waals surface area contributed by atoms with Gasteiger partial charge in [-0.05, 0) is 63.8 Å². The van der Waals surface area contributed by atoms with Gasteiger partial charge in [-0.2, -0.15) is 0 Å². The van der Waals surface area contributed by atoms with Crippen molar-refractivity contribution in [3.63, 3.8) is 0 Å². The molecule has 2 fully saturated rings. The van der Waals surface area contributed by atoms with E-state index >= 15 is 0 Å². The van der Waals surface area contributed by atoms with Crippen LogP contribution in [-0.2, 0) is 32.3 Å². The fourth-order valence-corrected chi connectivity index (χ4v) is 11.2. The van der Waals surface area contributed by atoms with Crippen LogP contribution in [0.3, 0.4) is 0 Å². The van der Waals surface area contributed by atoms with Crippen molar-refractivity contribution in [1.29, 1.82) is 0 Å². The van der Waals surface area contributed by atoms with E-state index in [1.54, 1.807) is 98.2 Å². The summed E-state index contributed by atoms with van der Waals surface area (Å²) in [6, 6.07) is 4.30. The lowest BCUT2D eigenvalue weighted by Gasteiger charge is -2.15. The van der Waals surface area contributed by atoms with E-state index in [0.717, 1.165) is 46.7 Å². The Bertz CT molecular complexity index is 2300. The predicted molar refractivity (Wildman–Crippen MR) is 216 cm³/mol. The van der Waals surface area contributed by atoms with Gasteiger partial charge in [0.05, 0.1) is 52.0 Å². The molecular weight excluding hydrogens is 693 g/mol. The van der Waals surface area contributed by atoms with Crippen molar-refractivity contribution in [2.45, 2.75) is 81.3 Å². The molecule has 7 rings (SSSR count). The van der Waals surface area contributed by atoms with Crippen molar-refractivity contribution in [1.82, 2.24) is 9.13 Å². The average molecular weight is 735 g/mol. The van der Waals surface area contributed by atoms with Gasteiger partial charge in [-0.1, -0.05) is 64.8 Å². The van der Waals surface area contributed by atoms with Crippen LogP contribution in [0.4, 0.5) is 0 Å². The number of fused-ring (bicyclic) bond motifs is 7. The third-order valence-corrected chi connectivity index (χ3v) is 14.1. The second-order valence-electron chi connectivity index (χ2n) is 13.7. The maximum absolute atomic E-state index is 13.3. The van der Waals surface area contributed by atoms with E-state index in [-0.39, 0.29) is 34.3 Å². The van der Waals surface area contributed by atoms with E-state index in [1.807, 2.05) is 0 Å². The molecule has 2 aliphatic carbocycles. The van der Waals surface area contributed by atoms with Crippen molar-refractivity contribution in [2.24, 2.45) is 11.8 Å². The summed E-state index contributed by atoms with van der Waals surface area (Å²) in [4.78, 5) is 54.8. The highest BCUT2D eigenvalue weighted by Crippen LogP contribution is 2.50. The molecule has 2 unspecified atom stereocenters. The van der Waals surface area contributed by atoms with Gasteiger partial charge in [0.1, 0.15) is 0 Å². The Labute approximate surface area is 309 Å². The molecule has 262 valence electrons. The molecule has 6 nitrogen and oxygen atoms in total. The van der Waals surface area contributed by atoms with Crippen LogP contribution in [0.15, 0.2) is 69.9 Å². The van der Waals surface area contributed by atoms with Crippen LogP contribution in [0.25, 0.3) is 53.0 Å². The quantitative estimate of drug-likeness (QED) is 0.117. The fourth-order valence-electron chi connectivity index (χ4n) is 7.36. The Hall–Kier alpha value is -4.18. The zero-order valence-corrected chi connectivity index (χ0v) is 32.8. The molecule has 0 spiro atoms. The van der Waals surface area contributed by atoms with Crippen molar-refractivity contribution in [3.05, 3.63) is 79.6 Å². The molecule has 0 saturated heterocycles. The zero-order valence-electron chi connectivity index (χ0n) is 30.4. The summed E-state index contributed by atoms with van der Waals surface area (Å²) in [6.07, 6.45) is 12.6. The first-order valence-corrected chi connectivity index (χ1v) is 20.2. The minimum Gasteiger partial charge on any atom is -0.337 e. The summed E-state index contributed by atoms with van der Waals surface area (Å²) >= 11 is 5.07. The standard InChI is InChI=1S/C42H42N2O4S3/c1-9-21(7)19-43-31-17-23(15-29-35(45)25(11-3)26(12-4)36(29)46)49-39(31)41-33(43)34-42(51-41)40-32(44(34)20-22(8)10-2)18-24(50-40)16-30-37(47)27(13-5)28(14-6)38(30)48/h11-18,21-22H,9-10,19-20H2,1-8H3/b25-11+,26-12+,27-13+,28-14+. The Balaban J connectivity index is 1.46. The molecule has 0 aliphatic heterocycles. The normalized spacial score (nSPS) is 20.2. The maximum atomic E-state index is 13.3. The first-order valence-electron chi connectivity index (χ1n) is 17.8. The lowest BCUT2D eigenvalue weighted by Crippen LogP contribution is -2.09. The largest absolute Gasteiger partial charge is 0.337 e. The number of thiophene rings is 3. The number of carbonyl (C=O) groups is 4. The zero-order chi connectivity index (χ0) is 36.5. The van der Waals surface area contributed by atoms with E-state index in [1.165, 1.54) is 29.8 Å². The van der Waals surface area contributed by atoms with Gasteiger partial charge in [0.25, 0.3) is 0 Å². The molecule has 5 aromatic rings. The number of carbonyl (C=O) groups excluding carboxylic acids is 4. The molecular formula is C42H42N2O4S3. The van der Waals surface area contributed by atoms with Crippen molar-refractivity contribution >= 4 is 110 Å². The first-order chi connectivity index (χ1) is 24.5. The number of allylic oxidation sites excluding steroid dienone is 10. The summed E-state index contributed by atoms with van der Waals surface area (Å²) in [5, 5.41) is 0. The number of aromatic nitrogens is 2. The molecule has 0 N–H and O–H groups in total. The van der Waals surface area contributed by atoms with Gasteiger partial charge in [0.15, 0.2) is 23.1 Å². The summed E-state index contributed by atoms with van der Waals surface area (Å²) in [7, 11) is 0. The van der Waals surface area contributed by atoms with Crippen LogP contribution in [0.2, 0.25) is 0 Å². The third kappa shape index (κ3) is 5.39. The minimum absolute atomic E-state index is 0.210. The predicted octanol–water partition coefficient (Wildman–Crippen LogP) is 11.0. The van der Waals surface area contributed by atoms with Crippen molar-refractivity contribution in [3.8, 4) is 0 Å². The Kier molecular flexibility index (Phi) is 9.27. The number of hydrogen-bond donors (Lipinski definition) is 0. The minimum atomic E-state index is -0.210. The Morgan fingerprint density at radius 1 is 0.529 bits per heavy atom. The fraction of sp³-hybridized carbons (Fsp3) is 0.333. The van der Waals surface area contributed by atoms with Crippen LogP contribution < -0.4 is 0 Å². The lowest BCUT2D eigenvalue weighted by atomic mass is 10.1. The second kappa shape index (κ2) is 13.4. The molecule has 0 bridgehead atoms. The summed E-state index contributed by atoms with van der Waals surface area (Å²) in [6.45, 7) is 17.9.